The van der Waals surface area contributed by atoms with Crippen LogP contribution in [0.1, 0.15) is 12.5 Å². The summed E-state index contributed by atoms with van der Waals surface area (Å²) in [4.78, 5) is 6.68. The second kappa shape index (κ2) is 5.97. The molecule has 2 atom stereocenters. The van der Waals surface area contributed by atoms with E-state index in [0.29, 0.717) is 6.54 Å². The first-order valence-electron chi connectivity index (χ1n) is 7.21. The molecular formula is C16H20N2O3. The van der Waals surface area contributed by atoms with Crippen LogP contribution in [0.5, 0.6) is 0 Å². The van der Waals surface area contributed by atoms with Gasteiger partial charge in [0.05, 0.1) is 25.4 Å². The first-order chi connectivity index (χ1) is 10.2. The van der Waals surface area contributed by atoms with Crippen LogP contribution in [0.2, 0.25) is 0 Å². The van der Waals surface area contributed by atoms with Gasteiger partial charge in [0.1, 0.15) is 5.82 Å². The second-order valence-corrected chi connectivity index (χ2v) is 5.47. The lowest BCUT2D eigenvalue weighted by molar-refractivity contribution is -0.0422. The van der Waals surface area contributed by atoms with Crippen LogP contribution < -0.4 is 4.90 Å². The number of morpholine rings is 1. The van der Waals surface area contributed by atoms with Gasteiger partial charge in [-0.1, -0.05) is 24.3 Å². The van der Waals surface area contributed by atoms with Gasteiger partial charge in [-0.2, -0.15) is 0 Å². The number of nitrogens with zero attached hydrogens (tertiary/aromatic N) is 2. The zero-order valence-electron chi connectivity index (χ0n) is 12.1. The molecule has 1 aliphatic heterocycles. The molecule has 1 saturated heterocycles. The van der Waals surface area contributed by atoms with Gasteiger partial charge >= 0.3 is 0 Å². The van der Waals surface area contributed by atoms with Gasteiger partial charge in [-0.15, -0.1) is 0 Å². The van der Waals surface area contributed by atoms with Crippen molar-refractivity contribution >= 4 is 16.6 Å². The summed E-state index contributed by atoms with van der Waals surface area (Å²) in [5, 5.41) is 20.9. The third-order valence-corrected chi connectivity index (χ3v) is 3.86. The van der Waals surface area contributed by atoms with E-state index in [2.05, 4.69) is 9.88 Å². The van der Waals surface area contributed by atoms with Crippen molar-refractivity contribution in [1.29, 1.82) is 0 Å². The van der Waals surface area contributed by atoms with Gasteiger partial charge in [-0.25, -0.2) is 4.98 Å². The van der Waals surface area contributed by atoms with Gasteiger partial charge in [0.25, 0.3) is 0 Å². The predicted octanol–water partition coefficient (Wildman–Crippen LogP) is 1.31. The van der Waals surface area contributed by atoms with Crippen LogP contribution in [0.4, 0.5) is 5.82 Å². The van der Waals surface area contributed by atoms with E-state index in [0.717, 1.165) is 28.7 Å². The Balaban J connectivity index is 2.04. The molecule has 0 aliphatic carbocycles. The van der Waals surface area contributed by atoms with Gasteiger partial charge in [0.2, 0.25) is 0 Å². The minimum atomic E-state index is -0.188. The molecule has 0 radical (unpaired) electrons. The van der Waals surface area contributed by atoms with Crippen molar-refractivity contribution in [3.8, 4) is 0 Å². The van der Waals surface area contributed by atoms with Gasteiger partial charge in [-0.05, 0) is 12.3 Å². The topological polar surface area (TPSA) is 65.8 Å². The van der Waals surface area contributed by atoms with Crippen molar-refractivity contribution in [3.05, 3.63) is 36.0 Å². The number of anilines is 1. The van der Waals surface area contributed by atoms with Crippen LogP contribution in [0, 0.1) is 0 Å². The monoisotopic (exact) mass is 288 g/mol. The van der Waals surface area contributed by atoms with Gasteiger partial charge < -0.3 is 19.8 Å². The fourth-order valence-corrected chi connectivity index (χ4v) is 2.93. The first kappa shape index (κ1) is 14.3. The van der Waals surface area contributed by atoms with Gasteiger partial charge in [0, 0.05) is 30.2 Å². The number of pyridine rings is 1. The highest BCUT2D eigenvalue weighted by Crippen LogP contribution is 2.29. The van der Waals surface area contributed by atoms with Crippen LogP contribution in [-0.4, -0.2) is 47.1 Å². The Labute approximate surface area is 123 Å². The number of hydrogen-bond donors (Lipinski definition) is 2. The molecule has 112 valence electrons. The summed E-state index contributed by atoms with van der Waals surface area (Å²) in [5.41, 5.74) is 0.828. The third-order valence-electron chi connectivity index (χ3n) is 3.86. The molecule has 2 N–H and O–H groups in total. The molecule has 5 heteroatoms. The van der Waals surface area contributed by atoms with Crippen molar-refractivity contribution in [1.82, 2.24) is 4.98 Å². The normalized spacial score (nSPS) is 22.7. The SMILES string of the molecule is CC1CN(c2ncc(CO)c3ccccc23)CC(CO)O1. The fraction of sp³-hybridized carbons (Fsp3) is 0.438. The third kappa shape index (κ3) is 2.72. The Hall–Kier alpha value is -1.69. The molecule has 0 spiro atoms. The zero-order chi connectivity index (χ0) is 14.8. The minimum absolute atomic E-state index is 0.00744. The van der Waals surface area contributed by atoms with Gasteiger partial charge in [0.15, 0.2) is 0 Å². The van der Waals surface area contributed by atoms with E-state index in [4.69, 9.17) is 4.74 Å². The summed E-state index contributed by atoms with van der Waals surface area (Å²) < 4.78 is 5.68. The van der Waals surface area contributed by atoms with Crippen molar-refractivity contribution in [2.75, 3.05) is 24.6 Å². The Morgan fingerprint density at radius 2 is 2.00 bits per heavy atom. The van der Waals surface area contributed by atoms with Crippen LogP contribution in [0.15, 0.2) is 30.5 Å². The smallest absolute Gasteiger partial charge is 0.136 e. The van der Waals surface area contributed by atoms with E-state index in [9.17, 15) is 10.2 Å². The van der Waals surface area contributed by atoms with E-state index in [-0.39, 0.29) is 25.4 Å². The Kier molecular flexibility index (Phi) is 4.05. The number of benzene rings is 1. The fourth-order valence-electron chi connectivity index (χ4n) is 2.93. The van der Waals surface area contributed by atoms with Crippen molar-refractivity contribution in [2.24, 2.45) is 0 Å². The minimum Gasteiger partial charge on any atom is -0.394 e. The molecule has 1 aliphatic rings. The largest absolute Gasteiger partial charge is 0.394 e. The number of hydrogen-bond acceptors (Lipinski definition) is 5. The predicted molar refractivity (Wildman–Crippen MR) is 81.3 cm³/mol. The highest BCUT2D eigenvalue weighted by atomic mass is 16.5. The number of aliphatic hydroxyl groups excluding tert-OH is 2. The molecule has 1 fully saturated rings. The number of aromatic nitrogens is 1. The highest BCUT2D eigenvalue weighted by molar-refractivity contribution is 5.94. The van der Waals surface area contributed by atoms with Crippen LogP contribution >= 0.6 is 0 Å². The standard InChI is InChI=1S/C16H20N2O3/c1-11-7-18(8-13(10-20)21-11)16-15-5-3-2-4-14(15)12(9-19)6-17-16/h2-6,11,13,19-20H,7-10H2,1H3. The Morgan fingerprint density at radius 1 is 1.24 bits per heavy atom. The van der Waals surface area contributed by atoms with E-state index >= 15 is 0 Å². The number of aliphatic hydroxyl groups is 2. The summed E-state index contributed by atoms with van der Waals surface area (Å²) >= 11 is 0. The average molecular weight is 288 g/mol. The van der Waals surface area contributed by atoms with E-state index in [1.165, 1.54) is 0 Å². The Bertz CT molecular complexity index is 632. The highest BCUT2D eigenvalue weighted by Gasteiger charge is 2.26. The van der Waals surface area contributed by atoms with E-state index in [1.54, 1.807) is 6.20 Å². The lowest BCUT2D eigenvalue weighted by Gasteiger charge is -2.37. The van der Waals surface area contributed by atoms with E-state index in [1.807, 2.05) is 31.2 Å². The number of rotatable bonds is 3. The summed E-state index contributed by atoms with van der Waals surface area (Å²) in [7, 11) is 0. The maximum absolute atomic E-state index is 9.45. The maximum atomic E-state index is 9.45. The molecule has 3 rings (SSSR count). The lowest BCUT2D eigenvalue weighted by Crippen LogP contribution is -2.48. The van der Waals surface area contributed by atoms with Crippen molar-refractivity contribution in [2.45, 2.75) is 25.7 Å². The molecule has 0 amide bonds. The summed E-state index contributed by atoms with van der Waals surface area (Å²) in [5.74, 6) is 0.886. The van der Waals surface area contributed by atoms with Crippen molar-refractivity contribution in [3.63, 3.8) is 0 Å². The van der Waals surface area contributed by atoms with Crippen LogP contribution in [0.25, 0.3) is 10.8 Å². The van der Waals surface area contributed by atoms with Crippen LogP contribution in [0.3, 0.4) is 0 Å². The van der Waals surface area contributed by atoms with Gasteiger partial charge in [-0.3, -0.25) is 0 Å². The molecular weight excluding hydrogens is 268 g/mol. The summed E-state index contributed by atoms with van der Waals surface area (Å²) in [6, 6.07) is 7.95. The van der Waals surface area contributed by atoms with Crippen LogP contribution in [-0.2, 0) is 11.3 Å². The molecule has 2 unspecified atom stereocenters. The maximum Gasteiger partial charge on any atom is 0.136 e. The first-order valence-corrected chi connectivity index (χ1v) is 7.21. The van der Waals surface area contributed by atoms with Crippen molar-refractivity contribution < 1.29 is 14.9 Å². The summed E-state index contributed by atoms with van der Waals surface area (Å²) in [6.07, 6.45) is 1.59. The lowest BCUT2D eigenvalue weighted by atomic mass is 10.1. The molecule has 2 heterocycles. The molecule has 1 aromatic carbocycles. The molecule has 2 aromatic rings. The molecule has 0 saturated carbocycles. The molecule has 1 aromatic heterocycles. The quantitative estimate of drug-likeness (QED) is 0.891. The number of ether oxygens (including phenoxy) is 1. The summed E-state index contributed by atoms with van der Waals surface area (Å²) in [6.45, 7) is 3.35. The molecule has 5 nitrogen and oxygen atoms in total. The zero-order valence-corrected chi connectivity index (χ0v) is 12.1. The molecule has 0 bridgehead atoms. The van der Waals surface area contributed by atoms with E-state index < -0.39 is 0 Å². The Morgan fingerprint density at radius 3 is 2.71 bits per heavy atom. The second-order valence-electron chi connectivity index (χ2n) is 5.47. The average Bonchev–Trinajstić information content (AvgIpc) is 2.53. The molecule has 21 heavy (non-hydrogen) atoms. The number of fused-ring (bicyclic) bond motifs is 1.